The van der Waals surface area contributed by atoms with Crippen LogP contribution in [0.15, 0.2) is 58.3 Å². The van der Waals surface area contributed by atoms with Gasteiger partial charge in [0.15, 0.2) is 0 Å². The largest absolute Gasteiger partial charge is 0.368 e. The number of rotatable bonds is 6. The third-order valence-corrected chi connectivity index (χ3v) is 7.69. The molecule has 3 aromatic rings. The van der Waals surface area contributed by atoms with Gasteiger partial charge in [-0.15, -0.1) is 11.3 Å². The summed E-state index contributed by atoms with van der Waals surface area (Å²) in [4.78, 5) is 21.6. The molecule has 0 bridgehead atoms. The van der Waals surface area contributed by atoms with E-state index in [0.717, 1.165) is 47.5 Å². The molecule has 8 heteroatoms. The number of hydrogen-bond donors (Lipinski definition) is 0. The van der Waals surface area contributed by atoms with Crippen molar-refractivity contribution in [3.8, 4) is 0 Å². The van der Waals surface area contributed by atoms with E-state index in [1.807, 2.05) is 40.6 Å². The van der Waals surface area contributed by atoms with Crippen LogP contribution in [0, 0.1) is 0 Å². The van der Waals surface area contributed by atoms with Gasteiger partial charge in [-0.05, 0) is 29.8 Å². The van der Waals surface area contributed by atoms with Crippen LogP contribution in [0.1, 0.15) is 11.3 Å². The summed E-state index contributed by atoms with van der Waals surface area (Å²) in [6.07, 6.45) is 0.351. The van der Waals surface area contributed by atoms with E-state index in [1.165, 1.54) is 5.69 Å². The Labute approximate surface area is 194 Å². The number of halogens is 2. The minimum atomic E-state index is 0.144. The summed E-state index contributed by atoms with van der Waals surface area (Å²) in [5, 5.41) is 3.27. The van der Waals surface area contributed by atoms with Gasteiger partial charge in [-0.1, -0.05) is 59.2 Å². The Morgan fingerprint density at radius 1 is 1.07 bits per heavy atom. The molecule has 0 unspecified atom stereocenters. The zero-order valence-electron chi connectivity index (χ0n) is 16.3. The molecule has 1 amide bonds. The van der Waals surface area contributed by atoms with Crippen LogP contribution >= 0.6 is 46.3 Å². The highest BCUT2D eigenvalue weighted by Gasteiger charge is 2.22. The second-order valence-electron chi connectivity index (χ2n) is 7.01. The lowest BCUT2D eigenvalue weighted by Gasteiger charge is -2.36. The van der Waals surface area contributed by atoms with Crippen LogP contribution in [0.5, 0.6) is 0 Å². The highest BCUT2D eigenvalue weighted by molar-refractivity contribution is 8.00. The summed E-state index contributed by atoms with van der Waals surface area (Å²) >= 11 is 15.4. The van der Waals surface area contributed by atoms with Crippen molar-refractivity contribution in [1.82, 2.24) is 9.88 Å². The molecule has 1 fully saturated rings. The van der Waals surface area contributed by atoms with Gasteiger partial charge < -0.3 is 9.80 Å². The number of amides is 1. The highest BCUT2D eigenvalue weighted by atomic mass is 35.5. The Hall–Kier alpha value is -1.73. The zero-order chi connectivity index (χ0) is 20.9. The van der Waals surface area contributed by atoms with Gasteiger partial charge in [-0.2, -0.15) is 0 Å². The van der Waals surface area contributed by atoms with E-state index in [-0.39, 0.29) is 5.91 Å². The molecule has 4 nitrogen and oxygen atoms in total. The summed E-state index contributed by atoms with van der Waals surface area (Å²) in [7, 11) is 0. The van der Waals surface area contributed by atoms with Crippen LogP contribution in [0.4, 0.5) is 5.69 Å². The third-order valence-electron chi connectivity index (χ3n) is 4.98. The third kappa shape index (κ3) is 5.49. The van der Waals surface area contributed by atoms with Crippen LogP contribution in [0.25, 0.3) is 0 Å². The molecule has 156 valence electrons. The smallest absolute Gasteiger partial charge is 0.228 e. The quantitative estimate of drug-likeness (QED) is 0.430. The van der Waals surface area contributed by atoms with Crippen LogP contribution < -0.4 is 4.90 Å². The number of hydrogen-bond acceptors (Lipinski definition) is 5. The van der Waals surface area contributed by atoms with Crippen molar-refractivity contribution in [3.63, 3.8) is 0 Å². The van der Waals surface area contributed by atoms with E-state index < -0.39 is 0 Å². The van der Waals surface area contributed by atoms with Gasteiger partial charge in [0.25, 0.3) is 0 Å². The molecule has 4 rings (SSSR count). The first kappa shape index (κ1) is 21.5. The van der Waals surface area contributed by atoms with E-state index in [0.29, 0.717) is 16.5 Å². The molecule has 2 aromatic carbocycles. The number of carbonyl (C=O) groups is 1. The summed E-state index contributed by atoms with van der Waals surface area (Å²) in [5.41, 5.74) is 3.07. The van der Waals surface area contributed by atoms with Crippen LogP contribution in [0.2, 0.25) is 10.0 Å². The Balaban J connectivity index is 1.27. The average Bonchev–Trinajstić information content (AvgIpc) is 3.21. The number of nitrogens with zero attached hydrogens (tertiary/aromatic N) is 3. The predicted molar refractivity (Wildman–Crippen MR) is 127 cm³/mol. The van der Waals surface area contributed by atoms with Gasteiger partial charge in [0.2, 0.25) is 5.91 Å². The minimum absolute atomic E-state index is 0.144. The topological polar surface area (TPSA) is 36.4 Å². The molecule has 30 heavy (non-hydrogen) atoms. The van der Waals surface area contributed by atoms with Gasteiger partial charge in [0.05, 0.1) is 12.1 Å². The van der Waals surface area contributed by atoms with Crippen molar-refractivity contribution in [2.75, 3.05) is 31.1 Å². The SMILES string of the molecule is O=C(Cc1csc(SCc2ccc(Cl)cc2Cl)n1)N1CCN(c2ccccc2)CC1. The summed E-state index contributed by atoms with van der Waals surface area (Å²) in [6.45, 7) is 3.20. The van der Waals surface area contributed by atoms with Gasteiger partial charge in [-0.3, -0.25) is 4.79 Å². The zero-order valence-corrected chi connectivity index (χ0v) is 19.4. The Morgan fingerprint density at radius 2 is 1.83 bits per heavy atom. The van der Waals surface area contributed by atoms with E-state index >= 15 is 0 Å². The molecule has 0 spiro atoms. The molecular formula is C22H21Cl2N3OS2. The fourth-order valence-electron chi connectivity index (χ4n) is 3.33. The monoisotopic (exact) mass is 477 g/mol. The molecule has 0 N–H and O–H groups in total. The maximum absolute atomic E-state index is 12.7. The number of anilines is 1. The first-order chi connectivity index (χ1) is 14.6. The molecule has 1 aliphatic rings. The Bertz CT molecular complexity index is 1000. The van der Waals surface area contributed by atoms with Gasteiger partial charge in [0, 0.05) is 53.0 Å². The summed E-state index contributed by atoms with van der Waals surface area (Å²) in [6, 6.07) is 15.9. The van der Waals surface area contributed by atoms with Gasteiger partial charge in [0.1, 0.15) is 4.34 Å². The molecule has 1 aliphatic heterocycles. The van der Waals surface area contributed by atoms with Gasteiger partial charge >= 0.3 is 0 Å². The van der Waals surface area contributed by atoms with Crippen molar-refractivity contribution >= 4 is 57.9 Å². The van der Waals surface area contributed by atoms with Gasteiger partial charge in [-0.25, -0.2) is 4.98 Å². The Kier molecular flexibility index (Phi) is 7.20. The van der Waals surface area contributed by atoms with Crippen LogP contribution in [-0.2, 0) is 17.0 Å². The molecule has 1 aromatic heterocycles. The predicted octanol–water partition coefficient (Wildman–Crippen LogP) is 5.63. The molecular weight excluding hydrogens is 457 g/mol. The molecule has 0 radical (unpaired) electrons. The van der Waals surface area contributed by atoms with E-state index in [1.54, 1.807) is 29.2 Å². The van der Waals surface area contributed by atoms with E-state index in [9.17, 15) is 4.79 Å². The van der Waals surface area contributed by atoms with Crippen molar-refractivity contribution in [3.05, 3.63) is 75.2 Å². The van der Waals surface area contributed by atoms with Crippen molar-refractivity contribution in [1.29, 1.82) is 0 Å². The number of para-hydroxylation sites is 1. The van der Waals surface area contributed by atoms with E-state index in [2.05, 4.69) is 22.0 Å². The number of thioether (sulfide) groups is 1. The number of thiazole rings is 1. The summed E-state index contributed by atoms with van der Waals surface area (Å²) in [5.74, 6) is 0.864. The number of aromatic nitrogens is 1. The molecule has 0 atom stereocenters. The first-order valence-electron chi connectivity index (χ1n) is 9.67. The fraction of sp³-hybridized carbons (Fsp3) is 0.273. The highest BCUT2D eigenvalue weighted by Crippen LogP contribution is 2.30. The maximum Gasteiger partial charge on any atom is 0.228 e. The molecule has 2 heterocycles. The van der Waals surface area contributed by atoms with E-state index in [4.69, 9.17) is 23.2 Å². The number of carbonyl (C=O) groups excluding carboxylic acids is 1. The normalized spacial score (nSPS) is 14.2. The summed E-state index contributed by atoms with van der Waals surface area (Å²) < 4.78 is 0.942. The molecule has 0 aliphatic carbocycles. The number of benzene rings is 2. The molecule has 1 saturated heterocycles. The minimum Gasteiger partial charge on any atom is -0.368 e. The fourth-order valence-corrected chi connectivity index (χ4v) is 5.74. The lowest BCUT2D eigenvalue weighted by molar-refractivity contribution is -0.130. The van der Waals surface area contributed by atoms with Crippen LogP contribution in [-0.4, -0.2) is 42.0 Å². The average molecular weight is 478 g/mol. The van der Waals surface area contributed by atoms with Crippen molar-refractivity contribution in [2.24, 2.45) is 0 Å². The first-order valence-corrected chi connectivity index (χ1v) is 12.3. The lowest BCUT2D eigenvalue weighted by Crippen LogP contribution is -2.49. The Morgan fingerprint density at radius 3 is 2.57 bits per heavy atom. The van der Waals surface area contributed by atoms with Crippen LogP contribution in [0.3, 0.4) is 0 Å². The van der Waals surface area contributed by atoms with Crippen molar-refractivity contribution < 1.29 is 4.79 Å². The van der Waals surface area contributed by atoms with Crippen molar-refractivity contribution in [2.45, 2.75) is 16.5 Å². The maximum atomic E-state index is 12.7. The lowest BCUT2D eigenvalue weighted by atomic mass is 10.2. The number of piperazine rings is 1. The second kappa shape index (κ2) is 10.1. The standard InChI is InChI=1S/C22H21Cl2N3OS2/c23-17-7-6-16(20(24)12-17)14-29-22-25-18(15-30-22)13-21(28)27-10-8-26(9-11-27)19-4-2-1-3-5-19/h1-7,12,15H,8-11,13-14H2. The molecule has 0 saturated carbocycles. The second-order valence-corrected chi connectivity index (χ2v) is 9.93.